The van der Waals surface area contributed by atoms with E-state index in [1.807, 2.05) is 54.6 Å². The van der Waals surface area contributed by atoms with Crippen molar-refractivity contribution in [1.29, 1.82) is 0 Å². The van der Waals surface area contributed by atoms with Gasteiger partial charge in [0, 0.05) is 40.5 Å². The molecule has 0 fully saturated rings. The molecule has 5 rings (SSSR count). The lowest BCUT2D eigenvalue weighted by molar-refractivity contribution is -0.384. The predicted octanol–water partition coefficient (Wildman–Crippen LogP) is 6.84. The number of non-ortho nitro benzene ring substituents is 1. The van der Waals surface area contributed by atoms with E-state index in [0.717, 1.165) is 22.2 Å². The number of nitro groups is 1. The van der Waals surface area contributed by atoms with Crippen LogP contribution in [0.2, 0.25) is 0 Å². The van der Waals surface area contributed by atoms with Crippen molar-refractivity contribution in [3.05, 3.63) is 131 Å². The highest BCUT2D eigenvalue weighted by molar-refractivity contribution is 6.07. The minimum absolute atomic E-state index is 0.0209. The molecule has 2 heterocycles. The van der Waals surface area contributed by atoms with Gasteiger partial charge in [0.1, 0.15) is 5.82 Å². The van der Waals surface area contributed by atoms with Gasteiger partial charge < -0.3 is 5.32 Å². The van der Waals surface area contributed by atoms with Gasteiger partial charge >= 0.3 is 0 Å². The van der Waals surface area contributed by atoms with Crippen LogP contribution in [-0.4, -0.2) is 20.7 Å². The zero-order valence-electron chi connectivity index (χ0n) is 19.0. The number of aromatic nitrogens is 2. The molecule has 0 amide bonds. The second-order valence-corrected chi connectivity index (χ2v) is 8.05. The molecule has 1 N–H and O–H groups in total. The fourth-order valence-corrected chi connectivity index (χ4v) is 3.80. The highest BCUT2D eigenvalue weighted by atomic mass is 16.6. The number of nitrogens with one attached hydrogen (secondary N) is 1. The molecule has 0 aliphatic carbocycles. The number of anilines is 2. The number of benzene rings is 3. The van der Waals surface area contributed by atoms with Crippen LogP contribution in [0.25, 0.3) is 28.2 Å². The molecular formula is C29H20N4O3. The first-order valence-corrected chi connectivity index (χ1v) is 11.2. The van der Waals surface area contributed by atoms with E-state index in [2.05, 4.69) is 16.4 Å². The van der Waals surface area contributed by atoms with Crippen LogP contribution in [0.15, 0.2) is 109 Å². The molecule has 0 radical (unpaired) electrons. The van der Waals surface area contributed by atoms with Crippen LogP contribution in [0.4, 0.5) is 17.2 Å². The molecule has 0 aliphatic heterocycles. The second-order valence-electron chi connectivity index (χ2n) is 8.05. The minimum Gasteiger partial charge on any atom is -0.340 e. The number of nitrogens with zero attached hydrogens (tertiary/aromatic N) is 3. The van der Waals surface area contributed by atoms with Gasteiger partial charge in [-0.15, -0.1) is 0 Å². The number of carbonyl (C=O) groups excluding carboxylic acids is 1. The van der Waals surface area contributed by atoms with Crippen LogP contribution in [0.3, 0.4) is 0 Å². The molecule has 174 valence electrons. The minimum atomic E-state index is -0.464. The third-order valence-corrected chi connectivity index (χ3v) is 5.61. The zero-order valence-corrected chi connectivity index (χ0v) is 19.0. The van der Waals surface area contributed by atoms with Crippen LogP contribution >= 0.6 is 0 Å². The number of fused-ring (bicyclic) bond motifs is 1. The van der Waals surface area contributed by atoms with Crippen LogP contribution < -0.4 is 5.32 Å². The van der Waals surface area contributed by atoms with Gasteiger partial charge in [-0.3, -0.25) is 14.9 Å². The summed E-state index contributed by atoms with van der Waals surface area (Å²) < 4.78 is 0. The summed E-state index contributed by atoms with van der Waals surface area (Å²) in [4.78, 5) is 32.2. The summed E-state index contributed by atoms with van der Waals surface area (Å²) in [6.45, 7) is 0. The van der Waals surface area contributed by atoms with Crippen molar-refractivity contribution in [2.24, 2.45) is 0 Å². The maximum absolute atomic E-state index is 12.6. The summed E-state index contributed by atoms with van der Waals surface area (Å²) in [5, 5.41) is 15.2. The number of carbonyl (C=O) groups is 1. The van der Waals surface area contributed by atoms with E-state index >= 15 is 0 Å². The molecule has 0 aliphatic rings. The fourth-order valence-electron chi connectivity index (χ4n) is 3.80. The third kappa shape index (κ3) is 5.00. The number of pyridine rings is 2. The van der Waals surface area contributed by atoms with Crippen LogP contribution in [0.5, 0.6) is 0 Å². The number of nitro benzene ring substituents is 1. The Morgan fingerprint density at radius 1 is 0.889 bits per heavy atom. The van der Waals surface area contributed by atoms with Gasteiger partial charge in [0.25, 0.3) is 5.69 Å². The van der Waals surface area contributed by atoms with Gasteiger partial charge in [0.2, 0.25) is 0 Å². The molecular weight excluding hydrogens is 452 g/mol. The highest BCUT2D eigenvalue weighted by Gasteiger charge is 2.11. The zero-order chi connectivity index (χ0) is 24.9. The lowest BCUT2D eigenvalue weighted by atomic mass is 10.0. The molecule has 7 heteroatoms. The Morgan fingerprint density at radius 2 is 1.69 bits per heavy atom. The van der Waals surface area contributed by atoms with E-state index in [1.54, 1.807) is 36.5 Å². The molecule has 7 nitrogen and oxygen atoms in total. The van der Waals surface area contributed by atoms with Gasteiger partial charge in [-0.1, -0.05) is 48.5 Å². The van der Waals surface area contributed by atoms with Crippen molar-refractivity contribution in [2.75, 3.05) is 5.32 Å². The van der Waals surface area contributed by atoms with Gasteiger partial charge in [0.05, 0.1) is 4.92 Å². The van der Waals surface area contributed by atoms with Gasteiger partial charge in [-0.05, 0) is 59.7 Å². The van der Waals surface area contributed by atoms with Gasteiger partial charge in [-0.2, -0.15) is 0 Å². The van der Waals surface area contributed by atoms with E-state index in [9.17, 15) is 14.9 Å². The van der Waals surface area contributed by atoms with E-state index < -0.39 is 4.92 Å². The molecule has 0 bridgehead atoms. The Labute approximate surface area is 206 Å². The Hall–Kier alpha value is -5.17. The maximum Gasteiger partial charge on any atom is 0.270 e. The number of allylic oxidation sites excluding steroid dienone is 1. The average molecular weight is 473 g/mol. The fraction of sp³-hybridized carbons (Fsp3) is 0. The largest absolute Gasteiger partial charge is 0.340 e. The molecule has 2 aromatic heterocycles. The second kappa shape index (κ2) is 9.99. The molecule has 0 unspecified atom stereocenters. The molecule has 3 aromatic carbocycles. The number of hydrogen-bond acceptors (Lipinski definition) is 6. The Morgan fingerprint density at radius 3 is 2.47 bits per heavy atom. The van der Waals surface area contributed by atoms with Crippen molar-refractivity contribution in [1.82, 2.24) is 9.97 Å². The Balaban J connectivity index is 1.38. The monoisotopic (exact) mass is 472 g/mol. The van der Waals surface area contributed by atoms with Crippen LogP contribution in [0, 0.1) is 10.1 Å². The van der Waals surface area contributed by atoms with Crippen molar-refractivity contribution in [2.45, 2.75) is 0 Å². The summed E-state index contributed by atoms with van der Waals surface area (Å²) in [7, 11) is 0. The lowest BCUT2D eigenvalue weighted by Gasteiger charge is -2.13. The molecule has 0 spiro atoms. The number of ketones is 1. The topological polar surface area (TPSA) is 98.0 Å². The smallest absolute Gasteiger partial charge is 0.270 e. The van der Waals surface area contributed by atoms with Crippen molar-refractivity contribution >= 4 is 40.1 Å². The first-order valence-electron chi connectivity index (χ1n) is 11.2. The third-order valence-electron chi connectivity index (χ3n) is 5.61. The molecule has 0 saturated carbocycles. The Kier molecular flexibility index (Phi) is 6.27. The lowest BCUT2D eigenvalue weighted by Crippen LogP contribution is -1.99. The summed E-state index contributed by atoms with van der Waals surface area (Å²) in [5.41, 5.74) is 4.44. The standard InChI is InChI=1S/C29H20N4O3/c34-27(16-11-20-6-4-10-25(18-20)33(35)36)22-12-14-24(15-13-22)31-29-26(21-7-2-1-3-8-21)19-23-9-5-17-30-28(23)32-29/h1-19H,(H,30,31,32)/b16-11+. The molecule has 0 atom stereocenters. The van der Waals surface area contributed by atoms with Gasteiger partial charge in [-0.25, -0.2) is 9.97 Å². The van der Waals surface area contributed by atoms with E-state index in [4.69, 9.17) is 4.98 Å². The van der Waals surface area contributed by atoms with Crippen molar-refractivity contribution < 1.29 is 9.72 Å². The predicted molar refractivity (Wildman–Crippen MR) is 141 cm³/mol. The summed E-state index contributed by atoms with van der Waals surface area (Å²) in [6.07, 6.45) is 4.69. The number of rotatable bonds is 7. The SMILES string of the molecule is O=C(/C=C/c1cccc([N+](=O)[O-])c1)c1ccc(Nc2nc3ncccc3cc2-c2ccccc2)cc1. The summed E-state index contributed by atoms with van der Waals surface area (Å²) in [6, 6.07) is 29.1. The first kappa shape index (κ1) is 22.6. The molecule has 0 saturated heterocycles. The van der Waals surface area contributed by atoms with Crippen molar-refractivity contribution in [3.8, 4) is 11.1 Å². The van der Waals surface area contributed by atoms with Crippen LogP contribution in [-0.2, 0) is 0 Å². The van der Waals surface area contributed by atoms with Gasteiger partial charge in [0.15, 0.2) is 11.4 Å². The Bertz CT molecular complexity index is 1600. The quantitative estimate of drug-likeness (QED) is 0.120. The highest BCUT2D eigenvalue weighted by Crippen LogP contribution is 2.31. The van der Waals surface area contributed by atoms with E-state index in [1.165, 1.54) is 18.2 Å². The number of hydrogen-bond donors (Lipinski definition) is 1. The summed E-state index contributed by atoms with van der Waals surface area (Å²) in [5.74, 6) is 0.461. The van der Waals surface area contributed by atoms with E-state index in [-0.39, 0.29) is 11.5 Å². The average Bonchev–Trinajstić information content (AvgIpc) is 2.92. The van der Waals surface area contributed by atoms with Crippen LogP contribution in [0.1, 0.15) is 15.9 Å². The van der Waals surface area contributed by atoms with Crippen molar-refractivity contribution in [3.63, 3.8) is 0 Å². The summed E-state index contributed by atoms with van der Waals surface area (Å²) >= 11 is 0. The normalized spacial score (nSPS) is 11.0. The van der Waals surface area contributed by atoms with E-state index in [0.29, 0.717) is 22.6 Å². The molecule has 5 aromatic rings. The molecule has 36 heavy (non-hydrogen) atoms. The first-order chi connectivity index (χ1) is 17.6. The maximum atomic E-state index is 12.6.